The van der Waals surface area contributed by atoms with E-state index < -0.39 is 17.7 Å². The number of ether oxygens (including phenoxy) is 1. The number of hydrogen-bond donors (Lipinski definition) is 2. The lowest BCUT2D eigenvalue weighted by Crippen LogP contribution is -2.32. The van der Waals surface area contributed by atoms with Gasteiger partial charge in [0.1, 0.15) is 11.5 Å². The number of halogens is 1. The Morgan fingerprint density at radius 3 is 2.67 bits per heavy atom. The molecule has 7 nitrogen and oxygen atoms in total. The maximum Gasteiger partial charge on any atom is 0.295 e. The number of methoxy groups -OCH3 is 1. The first-order valence-corrected chi connectivity index (χ1v) is 11.5. The quantitative estimate of drug-likeness (QED) is 0.280. The number of aliphatic hydroxyl groups is 1. The normalized spacial score (nSPS) is 18.0. The zero-order valence-corrected chi connectivity index (χ0v) is 20.3. The number of carbonyl (C=O) groups is 2. The molecule has 2 N–H and O–H groups in total. The van der Waals surface area contributed by atoms with Crippen molar-refractivity contribution in [3.8, 4) is 5.75 Å². The Morgan fingerprint density at radius 1 is 1.21 bits per heavy atom. The predicted molar refractivity (Wildman–Crippen MR) is 131 cm³/mol. The van der Waals surface area contributed by atoms with Gasteiger partial charge in [-0.15, -0.1) is 0 Å². The molecule has 4 rings (SSSR count). The van der Waals surface area contributed by atoms with Crippen molar-refractivity contribution in [3.05, 3.63) is 69.8 Å². The third-order valence-corrected chi connectivity index (χ3v) is 6.51. The van der Waals surface area contributed by atoms with Gasteiger partial charge in [-0.25, -0.2) is 0 Å². The van der Waals surface area contributed by atoms with Crippen LogP contribution >= 0.6 is 15.9 Å². The SMILES string of the molecule is COc1ccc(/C(O)=C2\C(=O)C(=O)N(CCCN(C)C)C2c2c[nH]c3ccccc23)cc1Br. The largest absolute Gasteiger partial charge is 0.507 e. The van der Waals surface area contributed by atoms with Gasteiger partial charge in [0.2, 0.25) is 0 Å². The van der Waals surface area contributed by atoms with Crippen molar-refractivity contribution in [3.63, 3.8) is 0 Å². The highest BCUT2D eigenvalue weighted by molar-refractivity contribution is 9.10. The fourth-order valence-corrected chi connectivity index (χ4v) is 4.82. The van der Waals surface area contributed by atoms with E-state index in [1.54, 1.807) is 30.2 Å². The summed E-state index contributed by atoms with van der Waals surface area (Å²) in [5.74, 6) is -0.885. The van der Waals surface area contributed by atoms with Crippen LogP contribution in [0.4, 0.5) is 0 Å². The molecule has 0 bridgehead atoms. The fraction of sp³-hybridized carbons (Fsp3) is 0.280. The molecule has 1 amide bonds. The summed E-state index contributed by atoms with van der Waals surface area (Å²) in [6.07, 6.45) is 2.52. The molecule has 2 heterocycles. The molecule has 0 aliphatic carbocycles. The van der Waals surface area contributed by atoms with Gasteiger partial charge in [0.05, 0.1) is 23.2 Å². The van der Waals surface area contributed by atoms with Crippen molar-refractivity contribution >= 4 is 44.3 Å². The highest BCUT2D eigenvalue weighted by atomic mass is 79.9. The molecule has 0 radical (unpaired) electrons. The van der Waals surface area contributed by atoms with Gasteiger partial charge in [-0.05, 0) is 67.3 Å². The molecule has 2 aromatic carbocycles. The molecule has 172 valence electrons. The number of ketones is 1. The molecule has 1 aliphatic heterocycles. The lowest BCUT2D eigenvalue weighted by atomic mass is 9.95. The Hall–Kier alpha value is -3.10. The number of fused-ring (bicyclic) bond motifs is 1. The lowest BCUT2D eigenvalue weighted by Gasteiger charge is -2.25. The summed E-state index contributed by atoms with van der Waals surface area (Å²) in [7, 11) is 5.48. The topological polar surface area (TPSA) is 85.9 Å². The zero-order chi connectivity index (χ0) is 23.7. The minimum absolute atomic E-state index is 0.0895. The van der Waals surface area contributed by atoms with Crippen molar-refractivity contribution < 1.29 is 19.4 Å². The highest BCUT2D eigenvalue weighted by Gasteiger charge is 2.46. The van der Waals surface area contributed by atoms with E-state index in [1.807, 2.05) is 49.5 Å². The molecule has 1 unspecified atom stereocenters. The van der Waals surface area contributed by atoms with E-state index in [0.29, 0.717) is 28.8 Å². The van der Waals surface area contributed by atoms with Crippen LogP contribution in [0.3, 0.4) is 0 Å². The number of carbonyl (C=O) groups excluding carboxylic acids is 2. The van der Waals surface area contributed by atoms with Crippen LogP contribution in [0.2, 0.25) is 0 Å². The molecule has 1 atom stereocenters. The van der Waals surface area contributed by atoms with Gasteiger partial charge in [0, 0.05) is 34.8 Å². The van der Waals surface area contributed by atoms with E-state index in [-0.39, 0.29) is 11.3 Å². The number of nitrogens with zero attached hydrogens (tertiary/aromatic N) is 2. The van der Waals surface area contributed by atoms with Crippen LogP contribution < -0.4 is 4.74 Å². The first-order chi connectivity index (χ1) is 15.8. The van der Waals surface area contributed by atoms with E-state index in [9.17, 15) is 14.7 Å². The second-order valence-corrected chi connectivity index (χ2v) is 9.14. The Labute approximate surface area is 200 Å². The van der Waals surface area contributed by atoms with Crippen molar-refractivity contribution in [1.82, 2.24) is 14.8 Å². The third kappa shape index (κ3) is 4.28. The Morgan fingerprint density at radius 2 is 1.97 bits per heavy atom. The van der Waals surface area contributed by atoms with Crippen molar-refractivity contribution in [2.24, 2.45) is 0 Å². The van der Waals surface area contributed by atoms with E-state index >= 15 is 0 Å². The van der Waals surface area contributed by atoms with Crippen LogP contribution in [-0.4, -0.2) is 65.9 Å². The molecule has 33 heavy (non-hydrogen) atoms. The number of benzene rings is 2. The monoisotopic (exact) mass is 511 g/mol. The summed E-state index contributed by atoms with van der Waals surface area (Å²) in [5, 5.41) is 12.2. The van der Waals surface area contributed by atoms with Crippen LogP contribution in [0.25, 0.3) is 16.7 Å². The summed E-state index contributed by atoms with van der Waals surface area (Å²) >= 11 is 3.43. The molecule has 8 heteroatoms. The third-order valence-electron chi connectivity index (χ3n) is 5.89. The number of amides is 1. The van der Waals surface area contributed by atoms with E-state index in [1.165, 1.54) is 0 Å². The number of nitrogens with one attached hydrogen (secondary N) is 1. The van der Waals surface area contributed by atoms with Crippen LogP contribution in [0, 0.1) is 0 Å². The van der Waals surface area contributed by atoms with Crippen molar-refractivity contribution in [1.29, 1.82) is 0 Å². The summed E-state index contributed by atoms with van der Waals surface area (Å²) in [6.45, 7) is 1.17. The smallest absolute Gasteiger partial charge is 0.295 e. The van der Waals surface area contributed by atoms with Gasteiger partial charge in [0.15, 0.2) is 0 Å². The zero-order valence-electron chi connectivity index (χ0n) is 18.8. The Bertz CT molecular complexity index is 1250. The molecule has 3 aromatic rings. The average Bonchev–Trinajstić information content (AvgIpc) is 3.32. The number of aromatic nitrogens is 1. The second kappa shape index (κ2) is 9.41. The molecule has 1 fully saturated rings. The predicted octanol–water partition coefficient (Wildman–Crippen LogP) is 4.31. The molecule has 0 spiro atoms. The number of aliphatic hydroxyl groups excluding tert-OH is 1. The van der Waals surface area contributed by atoms with Gasteiger partial charge in [-0.3, -0.25) is 9.59 Å². The number of likely N-dealkylation sites (tertiary alicyclic amines) is 1. The summed E-state index contributed by atoms with van der Waals surface area (Å²) in [5.41, 5.74) is 2.20. The van der Waals surface area contributed by atoms with Crippen LogP contribution in [0.1, 0.15) is 23.6 Å². The summed E-state index contributed by atoms with van der Waals surface area (Å²) < 4.78 is 5.91. The molecular formula is C25H26BrN3O4. The first-order valence-electron chi connectivity index (χ1n) is 10.7. The first kappa shape index (κ1) is 23.1. The number of rotatable bonds is 7. The maximum absolute atomic E-state index is 13.2. The van der Waals surface area contributed by atoms with E-state index in [0.717, 1.165) is 23.0 Å². The number of Topliss-reactive ketones (excluding diaryl/α,β-unsaturated/α-hetero) is 1. The van der Waals surface area contributed by atoms with Crippen LogP contribution in [0.15, 0.2) is 58.7 Å². The lowest BCUT2D eigenvalue weighted by molar-refractivity contribution is -0.139. The van der Waals surface area contributed by atoms with Crippen molar-refractivity contribution in [2.45, 2.75) is 12.5 Å². The van der Waals surface area contributed by atoms with Crippen LogP contribution in [0.5, 0.6) is 5.75 Å². The van der Waals surface area contributed by atoms with Gasteiger partial charge in [-0.1, -0.05) is 18.2 Å². The molecule has 1 saturated heterocycles. The van der Waals surface area contributed by atoms with E-state index in [2.05, 4.69) is 20.9 Å². The van der Waals surface area contributed by atoms with E-state index in [4.69, 9.17) is 4.74 Å². The fourth-order valence-electron chi connectivity index (χ4n) is 4.28. The highest BCUT2D eigenvalue weighted by Crippen LogP contribution is 2.42. The Balaban J connectivity index is 1.86. The van der Waals surface area contributed by atoms with Gasteiger partial charge in [0.25, 0.3) is 11.7 Å². The minimum atomic E-state index is -0.691. The standard InChI is InChI=1S/C25H26BrN3O4/c1-28(2)11-6-12-29-22(17-14-27-19-8-5-4-7-16(17)19)21(24(31)25(29)32)23(30)15-9-10-20(33-3)18(26)13-15/h4-5,7-10,13-14,22,27,30H,6,11-12H2,1-3H3/b23-21+. The van der Waals surface area contributed by atoms with Gasteiger partial charge < -0.3 is 24.6 Å². The van der Waals surface area contributed by atoms with Gasteiger partial charge >= 0.3 is 0 Å². The number of aromatic amines is 1. The second-order valence-electron chi connectivity index (χ2n) is 8.29. The summed E-state index contributed by atoms with van der Waals surface area (Å²) in [6, 6.07) is 12.1. The van der Waals surface area contributed by atoms with Crippen molar-refractivity contribution in [2.75, 3.05) is 34.3 Å². The average molecular weight is 512 g/mol. The molecule has 1 aromatic heterocycles. The minimum Gasteiger partial charge on any atom is -0.507 e. The van der Waals surface area contributed by atoms with Gasteiger partial charge in [-0.2, -0.15) is 0 Å². The Kier molecular flexibility index (Phi) is 6.58. The van der Waals surface area contributed by atoms with Crippen LogP contribution in [-0.2, 0) is 9.59 Å². The molecule has 1 aliphatic rings. The molecular weight excluding hydrogens is 486 g/mol. The number of para-hydroxylation sites is 1. The summed E-state index contributed by atoms with van der Waals surface area (Å²) in [4.78, 5) is 33.2. The number of hydrogen-bond acceptors (Lipinski definition) is 5. The maximum atomic E-state index is 13.2. The molecule has 0 saturated carbocycles. The number of H-pyrrole nitrogens is 1.